The molecule has 0 aliphatic carbocycles. The average molecular weight is 453 g/mol. The predicted molar refractivity (Wildman–Crippen MR) is 111 cm³/mol. The standard InChI is InChI=1S/C22H26F3N3O4/c1-12-3-4-18-17(22(23,24)25)9-15(14-5-7-32-8-6-14)10-28(18)11-16(12)21(31)27-19(13(2)29)20(26)30/h4-7,9-13,19-20,29-30H,3,8,26H2,1-2H3,(H,27,31). The van der Waals surface area contributed by atoms with Crippen molar-refractivity contribution in [2.24, 2.45) is 11.7 Å². The number of allylic oxidation sites excluding steroid dienone is 6. The lowest BCUT2D eigenvalue weighted by molar-refractivity contribution is -0.120. The number of aliphatic hydroxyl groups excluding tert-OH is 2. The van der Waals surface area contributed by atoms with E-state index < -0.39 is 41.9 Å². The van der Waals surface area contributed by atoms with E-state index in [1.165, 1.54) is 36.6 Å². The van der Waals surface area contributed by atoms with E-state index in [9.17, 15) is 28.2 Å². The molecule has 32 heavy (non-hydrogen) atoms. The molecule has 0 saturated heterocycles. The summed E-state index contributed by atoms with van der Waals surface area (Å²) in [5, 5.41) is 21.9. The second-order valence-electron chi connectivity index (χ2n) is 7.88. The van der Waals surface area contributed by atoms with Crippen LogP contribution >= 0.6 is 0 Å². The zero-order valence-corrected chi connectivity index (χ0v) is 17.6. The fraction of sp³-hybridized carbons (Fsp3) is 0.409. The molecule has 4 unspecified atom stereocenters. The smallest absolute Gasteiger partial charge is 0.418 e. The Morgan fingerprint density at radius 3 is 2.56 bits per heavy atom. The first-order valence-electron chi connectivity index (χ1n) is 10.1. The van der Waals surface area contributed by atoms with E-state index >= 15 is 0 Å². The Morgan fingerprint density at radius 2 is 2.00 bits per heavy atom. The van der Waals surface area contributed by atoms with Crippen LogP contribution in [-0.2, 0) is 9.53 Å². The molecule has 3 aliphatic heterocycles. The lowest BCUT2D eigenvalue weighted by Gasteiger charge is -2.29. The lowest BCUT2D eigenvalue weighted by Crippen LogP contribution is -2.54. The van der Waals surface area contributed by atoms with Gasteiger partial charge in [-0.05, 0) is 48.6 Å². The Kier molecular flexibility index (Phi) is 6.97. The second-order valence-corrected chi connectivity index (χ2v) is 7.88. The van der Waals surface area contributed by atoms with E-state index in [1.54, 1.807) is 19.1 Å². The number of nitrogens with zero attached hydrogens (tertiary/aromatic N) is 1. The van der Waals surface area contributed by atoms with Crippen LogP contribution in [0.2, 0.25) is 0 Å². The molecule has 5 N–H and O–H groups in total. The molecular formula is C22H26F3N3O4. The summed E-state index contributed by atoms with van der Waals surface area (Å²) in [5.74, 6) is -1.06. The predicted octanol–water partition coefficient (Wildman–Crippen LogP) is 2.10. The average Bonchev–Trinajstić information content (AvgIpc) is 2.89. The number of ether oxygens (including phenoxy) is 1. The number of fused-ring (bicyclic) bond motifs is 1. The highest BCUT2D eigenvalue weighted by molar-refractivity contribution is 5.94. The molecule has 1 amide bonds. The second kappa shape index (κ2) is 9.35. The van der Waals surface area contributed by atoms with Crippen molar-refractivity contribution in [2.45, 2.75) is 44.8 Å². The van der Waals surface area contributed by atoms with E-state index in [0.29, 0.717) is 11.1 Å². The molecule has 0 spiro atoms. The summed E-state index contributed by atoms with van der Waals surface area (Å²) in [6.45, 7) is 3.31. The summed E-state index contributed by atoms with van der Waals surface area (Å²) in [6.07, 6.45) is 2.99. The number of hydrogen-bond donors (Lipinski definition) is 4. The third-order valence-corrected chi connectivity index (χ3v) is 5.44. The number of nitrogens with one attached hydrogen (secondary N) is 1. The van der Waals surface area contributed by atoms with Crippen LogP contribution in [0.1, 0.15) is 20.3 Å². The maximum Gasteiger partial charge on any atom is 0.418 e. The molecule has 7 nitrogen and oxygen atoms in total. The highest BCUT2D eigenvalue weighted by atomic mass is 19.4. The van der Waals surface area contributed by atoms with Gasteiger partial charge in [0.1, 0.15) is 12.8 Å². The summed E-state index contributed by atoms with van der Waals surface area (Å²) in [5.41, 5.74) is 5.61. The summed E-state index contributed by atoms with van der Waals surface area (Å²) < 4.78 is 46.8. The fourth-order valence-corrected chi connectivity index (χ4v) is 3.63. The molecule has 174 valence electrons. The maximum atomic E-state index is 13.9. The van der Waals surface area contributed by atoms with Gasteiger partial charge in [-0.1, -0.05) is 13.0 Å². The number of hydrogen-bond acceptors (Lipinski definition) is 6. The topological polar surface area (TPSA) is 108 Å². The minimum absolute atomic E-state index is 0.0709. The molecule has 3 rings (SSSR count). The Hall–Kier alpha value is -2.82. The van der Waals surface area contributed by atoms with Gasteiger partial charge in [0.05, 0.1) is 29.7 Å². The van der Waals surface area contributed by atoms with Gasteiger partial charge in [-0.2, -0.15) is 13.2 Å². The molecule has 0 aromatic carbocycles. The van der Waals surface area contributed by atoms with Gasteiger partial charge in [-0.15, -0.1) is 0 Å². The lowest BCUT2D eigenvalue weighted by atomic mass is 9.96. The van der Waals surface area contributed by atoms with Crippen LogP contribution in [-0.4, -0.2) is 52.2 Å². The highest BCUT2D eigenvalue weighted by Crippen LogP contribution is 2.41. The maximum absolute atomic E-state index is 13.9. The number of carbonyl (C=O) groups excluding carboxylic acids is 1. The Balaban J connectivity index is 2.02. The van der Waals surface area contributed by atoms with Gasteiger partial charge in [0.15, 0.2) is 0 Å². The minimum Gasteiger partial charge on any atom is -0.497 e. The summed E-state index contributed by atoms with van der Waals surface area (Å²) >= 11 is 0. The van der Waals surface area contributed by atoms with Gasteiger partial charge in [-0.3, -0.25) is 4.79 Å². The quantitative estimate of drug-likeness (QED) is 0.475. The first kappa shape index (κ1) is 23.8. The van der Waals surface area contributed by atoms with E-state index in [-0.39, 0.29) is 24.3 Å². The molecular weight excluding hydrogens is 427 g/mol. The Bertz CT molecular complexity index is 935. The number of alkyl halides is 3. The number of aliphatic hydroxyl groups is 2. The third-order valence-electron chi connectivity index (χ3n) is 5.44. The SMILES string of the molecule is CC1CC=C2C(C(F)(F)F)=CC(C3=CCOC=C3)=CN2C=C1C(=O)NC(C(C)O)C(N)O. The number of amides is 1. The molecule has 0 fully saturated rings. The van der Waals surface area contributed by atoms with Crippen LogP contribution in [0.15, 0.2) is 71.0 Å². The summed E-state index contributed by atoms with van der Waals surface area (Å²) in [6, 6.07) is -1.14. The number of nitrogens with two attached hydrogens (primary N) is 1. The van der Waals surface area contributed by atoms with Crippen LogP contribution in [0.4, 0.5) is 13.2 Å². The van der Waals surface area contributed by atoms with Crippen LogP contribution in [0, 0.1) is 5.92 Å². The summed E-state index contributed by atoms with van der Waals surface area (Å²) in [7, 11) is 0. The zero-order valence-electron chi connectivity index (χ0n) is 17.6. The van der Waals surface area contributed by atoms with Crippen molar-refractivity contribution >= 4 is 5.91 Å². The zero-order chi connectivity index (χ0) is 23.6. The molecule has 3 aliphatic rings. The normalized spacial score (nSPS) is 23.8. The largest absolute Gasteiger partial charge is 0.497 e. The van der Waals surface area contributed by atoms with Gasteiger partial charge in [0.2, 0.25) is 5.91 Å². The van der Waals surface area contributed by atoms with Crippen LogP contribution in [0.25, 0.3) is 0 Å². The first-order chi connectivity index (χ1) is 15.0. The van der Waals surface area contributed by atoms with Gasteiger partial charge < -0.3 is 30.9 Å². The van der Waals surface area contributed by atoms with Crippen molar-refractivity contribution in [2.75, 3.05) is 6.61 Å². The molecule has 0 aromatic heterocycles. The minimum atomic E-state index is -4.61. The van der Waals surface area contributed by atoms with Crippen molar-refractivity contribution < 1.29 is 32.9 Å². The van der Waals surface area contributed by atoms with Gasteiger partial charge in [-0.25, -0.2) is 0 Å². The Labute approximate surface area is 183 Å². The molecule has 0 radical (unpaired) electrons. The van der Waals surface area contributed by atoms with E-state index in [4.69, 9.17) is 10.5 Å². The van der Waals surface area contributed by atoms with Gasteiger partial charge in [0.25, 0.3) is 0 Å². The van der Waals surface area contributed by atoms with Crippen molar-refractivity contribution in [3.8, 4) is 0 Å². The Morgan fingerprint density at radius 1 is 1.28 bits per heavy atom. The molecule has 0 aromatic rings. The summed E-state index contributed by atoms with van der Waals surface area (Å²) in [4.78, 5) is 14.2. The van der Waals surface area contributed by atoms with Gasteiger partial charge >= 0.3 is 6.18 Å². The third kappa shape index (κ3) is 5.14. The van der Waals surface area contributed by atoms with Crippen molar-refractivity contribution in [1.29, 1.82) is 0 Å². The molecule has 0 bridgehead atoms. The van der Waals surface area contributed by atoms with Crippen molar-refractivity contribution in [3.05, 3.63) is 71.0 Å². The van der Waals surface area contributed by atoms with Crippen molar-refractivity contribution in [1.82, 2.24) is 10.2 Å². The van der Waals surface area contributed by atoms with Crippen LogP contribution < -0.4 is 11.1 Å². The van der Waals surface area contributed by atoms with Gasteiger partial charge in [0, 0.05) is 18.0 Å². The number of carbonyl (C=O) groups is 1. The van der Waals surface area contributed by atoms with E-state index in [2.05, 4.69) is 5.32 Å². The first-order valence-corrected chi connectivity index (χ1v) is 10.1. The molecule has 4 atom stereocenters. The monoisotopic (exact) mass is 453 g/mol. The number of rotatable bonds is 5. The molecule has 10 heteroatoms. The highest BCUT2D eigenvalue weighted by Gasteiger charge is 2.40. The van der Waals surface area contributed by atoms with Crippen LogP contribution in [0.5, 0.6) is 0 Å². The van der Waals surface area contributed by atoms with Crippen LogP contribution in [0.3, 0.4) is 0 Å². The number of halogens is 3. The molecule has 3 heterocycles. The van der Waals surface area contributed by atoms with E-state index in [0.717, 1.165) is 6.08 Å². The van der Waals surface area contributed by atoms with E-state index in [1.807, 2.05) is 0 Å². The molecule has 0 saturated carbocycles. The fourth-order valence-electron chi connectivity index (χ4n) is 3.63. The van der Waals surface area contributed by atoms with Crippen molar-refractivity contribution in [3.63, 3.8) is 0 Å².